The van der Waals surface area contributed by atoms with E-state index in [-0.39, 0.29) is 30.9 Å². The lowest BCUT2D eigenvalue weighted by molar-refractivity contribution is -0.142. The fourth-order valence-electron chi connectivity index (χ4n) is 3.87. The van der Waals surface area contributed by atoms with Gasteiger partial charge in [0.15, 0.2) is 12.1 Å². The summed E-state index contributed by atoms with van der Waals surface area (Å²) in [6.07, 6.45) is -0.455. The molecule has 1 aromatic rings. The van der Waals surface area contributed by atoms with Gasteiger partial charge in [0.25, 0.3) is 0 Å². The van der Waals surface area contributed by atoms with E-state index in [4.69, 9.17) is 26.4 Å². The number of amides is 1. The van der Waals surface area contributed by atoms with Crippen LogP contribution in [0.25, 0.3) is 0 Å². The Morgan fingerprint density at radius 1 is 1.25 bits per heavy atom. The van der Waals surface area contributed by atoms with Gasteiger partial charge < -0.3 is 30.6 Å². The topological polar surface area (TPSA) is 147 Å². The van der Waals surface area contributed by atoms with Gasteiger partial charge in [0.1, 0.15) is 18.4 Å². The van der Waals surface area contributed by atoms with Crippen LogP contribution in [-0.4, -0.2) is 97.5 Å². The molecule has 2 aliphatic heterocycles. The normalized spacial score (nSPS) is 21.1. The Balaban J connectivity index is 1.45. The number of cyclic esters (lactones) is 1. The Bertz CT molecular complexity index is 811. The molecule has 2 fully saturated rings. The highest BCUT2D eigenvalue weighted by molar-refractivity contribution is 5.75. The zero-order chi connectivity index (χ0) is 23.3. The third-order valence-electron chi connectivity index (χ3n) is 5.86. The Hall–Kier alpha value is -3.05. The number of rotatable bonds is 8. The van der Waals surface area contributed by atoms with Crippen molar-refractivity contribution in [1.82, 2.24) is 14.7 Å². The number of carbonyl (C=O) groups is 2. The maximum absolute atomic E-state index is 12.4. The first kappa shape index (κ1) is 23.6. The van der Waals surface area contributed by atoms with Crippen molar-refractivity contribution >= 4 is 18.0 Å². The lowest BCUT2D eigenvalue weighted by Crippen LogP contribution is -2.57. The first-order valence-electron chi connectivity index (χ1n) is 10.6. The van der Waals surface area contributed by atoms with Crippen molar-refractivity contribution in [2.75, 3.05) is 46.4 Å². The van der Waals surface area contributed by atoms with Crippen molar-refractivity contribution in [3.8, 4) is 5.75 Å². The molecule has 1 amide bonds. The Morgan fingerprint density at radius 2 is 1.91 bits per heavy atom. The summed E-state index contributed by atoms with van der Waals surface area (Å²) in [6.45, 7) is 5.43. The molecular weight excluding hydrogens is 416 g/mol. The summed E-state index contributed by atoms with van der Waals surface area (Å²) in [6, 6.07) is 6.57. The maximum atomic E-state index is 12.4. The SMILES string of the molecule is COC(=O)C(N)Cc1ccc(OCC2CN(C(C)N3CCN(C(=N)N)CC3)C(=O)O2)cc1. The molecule has 3 unspecified atom stereocenters. The third kappa shape index (κ3) is 5.80. The van der Waals surface area contributed by atoms with Crippen molar-refractivity contribution in [2.24, 2.45) is 11.5 Å². The van der Waals surface area contributed by atoms with Gasteiger partial charge in [-0.2, -0.15) is 0 Å². The molecule has 0 radical (unpaired) electrons. The van der Waals surface area contributed by atoms with E-state index >= 15 is 0 Å². The molecule has 2 saturated heterocycles. The van der Waals surface area contributed by atoms with Gasteiger partial charge in [0, 0.05) is 26.2 Å². The zero-order valence-electron chi connectivity index (χ0n) is 18.5. The lowest BCUT2D eigenvalue weighted by Gasteiger charge is -2.40. The molecule has 2 heterocycles. The second-order valence-electron chi connectivity index (χ2n) is 7.99. The molecule has 11 heteroatoms. The zero-order valence-corrected chi connectivity index (χ0v) is 18.5. The maximum Gasteiger partial charge on any atom is 0.411 e. The molecule has 32 heavy (non-hydrogen) atoms. The highest BCUT2D eigenvalue weighted by Crippen LogP contribution is 2.20. The number of guanidine groups is 1. The van der Waals surface area contributed by atoms with Crippen molar-refractivity contribution in [1.29, 1.82) is 5.41 Å². The fraction of sp³-hybridized carbons (Fsp3) is 0.571. The van der Waals surface area contributed by atoms with E-state index in [1.54, 1.807) is 17.0 Å². The van der Waals surface area contributed by atoms with Gasteiger partial charge in [-0.3, -0.25) is 20.0 Å². The van der Waals surface area contributed by atoms with Crippen LogP contribution in [-0.2, 0) is 20.7 Å². The van der Waals surface area contributed by atoms with Gasteiger partial charge in [-0.1, -0.05) is 12.1 Å². The minimum absolute atomic E-state index is 0.0782. The molecule has 0 aliphatic carbocycles. The minimum atomic E-state index is -0.705. The van der Waals surface area contributed by atoms with E-state index in [1.165, 1.54) is 7.11 Å². The number of nitrogens with two attached hydrogens (primary N) is 2. The number of nitrogens with zero attached hydrogens (tertiary/aromatic N) is 3. The van der Waals surface area contributed by atoms with E-state index in [0.29, 0.717) is 31.8 Å². The van der Waals surface area contributed by atoms with Gasteiger partial charge in [-0.15, -0.1) is 0 Å². The number of piperazine rings is 1. The molecule has 176 valence electrons. The van der Waals surface area contributed by atoms with Crippen LogP contribution in [0.4, 0.5) is 4.79 Å². The first-order valence-corrected chi connectivity index (χ1v) is 10.6. The van der Waals surface area contributed by atoms with Crippen LogP contribution in [0.5, 0.6) is 5.75 Å². The van der Waals surface area contributed by atoms with Crippen LogP contribution in [0.15, 0.2) is 24.3 Å². The molecule has 3 atom stereocenters. The summed E-state index contributed by atoms with van der Waals surface area (Å²) >= 11 is 0. The molecule has 0 bridgehead atoms. The molecule has 11 nitrogen and oxygen atoms in total. The van der Waals surface area contributed by atoms with E-state index < -0.39 is 12.0 Å². The van der Waals surface area contributed by atoms with Crippen LogP contribution >= 0.6 is 0 Å². The van der Waals surface area contributed by atoms with E-state index in [1.807, 2.05) is 24.0 Å². The number of hydrogen-bond acceptors (Lipinski definition) is 8. The molecule has 0 aromatic heterocycles. The van der Waals surface area contributed by atoms with Crippen LogP contribution in [0, 0.1) is 5.41 Å². The molecule has 0 saturated carbocycles. The predicted molar refractivity (Wildman–Crippen MR) is 117 cm³/mol. The number of benzene rings is 1. The number of hydrogen-bond donors (Lipinski definition) is 3. The van der Waals surface area contributed by atoms with Gasteiger partial charge in [0.2, 0.25) is 0 Å². The average molecular weight is 449 g/mol. The average Bonchev–Trinajstić information content (AvgIpc) is 3.17. The minimum Gasteiger partial charge on any atom is -0.490 e. The standard InChI is InChI=1S/C21H32N6O5/c1-14(25-7-9-26(10-8-25)20(23)24)27-12-17(32-21(27)29)13-31-16-5-3-15(4-6-16)11-18(22)19(28)30-2/h3-6,14,17-18H,7-13,22H2,1-2H3,(H3,23,24). The molecule has 0 spiro atoms. The first-order chi connectivity index (χ1) is 15.3. The van der Waals surface area contributed by atoms with Crippen LogP contribution in [0.2, 0.25) is 0 Å². The summed E-state index contributed by atoms with van der Waals surface area (Å²) in [5, 5.41) is 7.53. The number of methoxy groups -OCH3 is 1. The van der Waals surface area contributed by atoms with Gasteiger partial charge in [-0.05, 0) is 31.0 Å². The Labute approximate surface area is 187 Å². The fourth-order valence-corrected chi connectivity index (χ4v) is 3.87. The number of carbonyl (C=O) groups excluding carboxylic acids is 2. The molecule has 2 aliphatic rings. The monoisotopic (exact) mass is 448 g/mol. The van der Waals surface area contributed by atoms with E-state index in [9.17, 15) is 9.59 Å². The van der Waals surface area contributed by atoms with Crippen LogP contribution in [0.3, 0.4) is 0 Å². The summed E-state index contributed by atoms with van der Waals surface area (Å²) in [5.41, 5.74) is 12.2. The molecule has 5 N–H and O–H groups in total. The molecular formula is C21H32N6O5. The van der Waals surface area contributed by atoms with Crippen LogP contribution in [0.1, 0.15) is 12.5 Å². The van der Waals surface area contributed by atoms with Gasteiger partial charge in [0.05, 0.1) is 19.8 Å². The van der Waals surface area contributed by atoms with Crippen molar-refractivity contribution in [3.63, 3.8) is 0 Å². The molecule has 3 rings (SSSR count). The smallest absolute Gasteiger partial charge is 0.411 e. The van der Waals surface area contributed by atoms with Crippen molar-refractivity contribution in [2.45, 2.75) is 31.7 Å². The lowest BCUT2D eigenvalue weighted by atomic mass is 10.1. The van der Waals surface area contributed by atoms with Crippen LogP contribution < -0.4 is 16.2 Å². The summed E-state index contributed by atoms with van der Waals surface area (Å²) in [5.74, 6) is 0.269. The van der Waals surface area contributed by atoms with Gasteiger partial charge >= 0.3 is 12.1 Å². The van der Waals surface area contributed by atoms with E-state index in [0.717, 1.165) is 18.7 Å². The highest BCUT2D eigenvalue weighted by Gasteiger charge is 2.37. The predicted octanol–water partition coefficient (Wildman–Crippen LogP) is -0.214. The van der Waals surface area contributed by atoms with Crippen molar-refractivity contribution in [3.05, 3.63) is 29.8 Å². The summed E-state index contributed by atoms with van der Waals surface area (Å²) < 4.78 is 15.9. The number of nitrogens with one attached hydrogen (secondary N) is 1. The second kappa shape index (κ2) is 10.5. The van der Waals surface area contributed by atoms with Crippen molar-refractivity contribution < 1.29 is 23.8 Å². The Kier molecular flexibility index (Phi) is 7.75. The quantitative estimate of drug-likeness (QED) is 0.279. The largest absolute Gasteiger partial charge is 0.490 e. The number of esters is 1. The molecule has 1 aromatic carbocycles. The second-order valence-corrected chi connectivity index (χ2v) is 7.99. The summed E-state index contributed by atoms with van der Waals surface area (Å²) in [7, 11) is 1.31. The van der Waals surface area contributed by atoms with Gasteiger partial charge in [-0.25, -0.2) is 4.79 Å². The highest BCUT2D eigenvalue weighted by atomic mass is 16.6. The van der Waals surface area contributed by atoms with E-state index in [2.05, 4.69) is 9.64 Å². The summed E-state index contributed by atoms with van der Waals surface area (Å²) in [4.78, 5) is 29.5. The third-order valence-corrected chi connectivity index (χ3v) is 5.86. The number of ether oxygens (including phenoxy) is 3. The Morgan fingerprint density at radius 3 is 2.50 bits per heavy atom.